The van der Waals surface area contributed by atoms with Crippen LogP contribution in [-0.4, -0.2) is 21.6 Å². The molecule has 4 heteroatoms. The van der Waals surface area contributed by atoms with Gasteiger partial charge in [-0.25, -0.2) is 9.78 Å². The van der Waals surface area contributed by atoms with Crippen molar-refractivity contribution in [1.29, 1.82) is 0 Å². The first kappa shape index (κ1) is 10.9. The zero-order valence-electron chi connectivity index (χ0n) is 9.58. The summed E-state index contributed by atoms with van der Waals surface area (Å²) >= 11 is 0. The fourth-order valence-corrected chi connectivity index (χ4v) is 1.94. The largest absolute Gasteiger partial charge is 0.478 e. The normalized spacial score (nSPS) is 17.6. The van der Waals surface area contributed by atoms with Gasteiger partial charge in [0.15, 0.2) is 0 Å². The summed E-state index contributed by atoms with van der Waals surface area (Å²) in [6.45, 7) is 3.96. The van der Waals surface area contributed by atoms with Gasteiger partial charge in [-0.2, -0.15) is 0 Å². The van der Waals surface area contributed by atoms with E-state index in [0.717, 1.165) is 18.5 Å². The molecule has 0 unspecified atom stereocenters. The van der Waals surface area contributed by atoms with E-state index in [1.165, 1.54) is 6.42 Å². The molecule has 0 saturated heterocycles. The molecule has 0 spiro atoms. The molecule has 0 atom stereocenters. The number of aromatic carboxylic acids is 1. The number of pyridine rings is 1. The van der Waals surface area contributed by atoms with Gasteiger partial charge in [0.05, 0.1) is 0 Å². The topological polar surface area (TPSA) is 62.2 Å². The predicted octanol–water partition coefficient (Wildman–Crippen LogP) is 2.44. The highest BCUT2D eigenvalue weighted by Crippen LogP contribution is 2.35. The number of aryl methyl sites for hydroxylation is 1. The molecule has 0 radical (unpaired) electrons. The zero-order valence-corrected chi connectivity index (χ0v) is 9.58. The van der Waals surface area contributed by atoms with Crippen molar-refractivity contribution in [3.05, 3.63) is 23.4 Å². The minimum absolute atomic E-state index is 0.0188. The average Bonchev–Trinajstić information content (AvgIpc) is 2.15. The fraction of sp³-hybridized carbons (Fsp3) is 0.500. The third-order valence-electron chi connectivity index (χ3n) is 3.14. The highest BCUT2D eigenvalue weighted by Gasteiger charge is 2.32. The van der Waals surface area contributed by atoms with Crippen molar-refractivity contribution in [2.45, 2.75) is 38.6 Å². The van der Waals surface area contributed by atoms with Gasteiger partial charge in [0.2, 0.25) is 0 Å². The number of nitrogens with one attached hydrogen (secondary N) is 1. The lowest BCUT2D eigenvalue weighted by Gasteiger charge is -2.39. The fourth-order valence-electron chi connectivity index (χ4n) is 1.94. The SMILES string of the molecule is Cc1ccc(C(=O)O)c(NC2(C)CCC2)n1. The minimum atomic E-state index is -0.932. The molecule has 4 nitrogen and oxygen atoms in total. The van der Waals surface area contributed by atoms with E-state index in [2.05, 4.69) is 17.2 Å². The number of rotatable bonds is 3. The summed E-state index contributed by atoms with van der Waals surface area (Å²) in [7, 11) is 0. The van der Waals surface area contributed by atoms with Gasteiger partial charge >= 0.3 is 5.97 Å². The van der Waals surface area contributed by atoms with Crippen LogP contribution in [-0.2, 0) is 0 Å². The molecule has 1 fully saturated rings. The molecule has 1 aliphatic rings. The van der Waals surface area contributed by atoms with E-state index in [0.29, 0.717) is 5.82 Å². The van der Waals surface area contributed by atoms with Crippen LogP contribution in [0.25, 0.3) is 0 Å². The van der Waals surface area contributed by atoms with Crippen LogP contribution >= 0.6 is 0 Å². The second kappa shape index (κ2) is 3.77. The molecule has 0 bridgehead atoms. The molecule has 1 saturated carbocycles. The van der Waals surface area contributed by atoms with E-state index < -0.39 is 5.97 Å². The molecule has 1 heterocycles. The number of carboxylic acids is 1. The van der Waals surface area contributed by atoms with E-state index in [1.54, 1.807) is 12.1 Å². The van der Waals surface area contributed by atoms with E-state index in [-0.39, 0.29) is 11.1 Å². The van der Waals surface area contributed by atoms with Gasteiger partial charge in [-0.05, 0) is 45.2 Å². The molecule has 2 N–H and O–H groups in total. The molecular formula is C12H16N2O2. The Morgan fingerprint density at radius 2 is 2.19 bits per heavy atom. The molecule has 0 amide bonds. The highest BCUT2D eigenvalue weighted by atomic mass is 16.4. The van der Waals surface area contributed by atoms with Crippen LogP contribution in [0.1, 0.15) is 42.2 Å². The monoisotopic (exact) mass is 220 g/mol. The van der Waals surface area contributed by atoms with Gasteiger partial charge in [0, 0.05) is 11.2 Å². The molecule has 0 aliphatic heterocycles. The Kier molecular flexibility index (Phi) is 2.58. The molecular weight excluding hydrogens is 204 g/mol. The van der Waals surface area contributed by atoms with Crippen molar-refractivity contribution in [2.75, 3.05) is 5.32 Å². The summed E-state index contributed by atoms with van der Waals surface area (Å²) in [5.41, 5.74) is 1.10. The van der Waals surface area contributed by atoms with E-state index >= 15 is 0 Å². The second-order valence-corrected chi connectivity index (χ2v) is 4.69. The summed E-state index contributed by atoms with van der Waals surface area (Å²) in [5.74, 6) is -0.437. The number of carboxylic acid groups (broad SMARTS) is 1. The van der Waals surface area contributed by atoms with Crippen LogP contribution < -0.4 is 5.32 Å². The molecule has 1 aromatic heterocycles. The van der Waals surface area contributed by atoms with Crippen LogP contribution in [0.2, 0.25) is 0 Å². The van der Waals surface area contributed by atoms with Gasteiger partial charge in [-0.3, -0.25) is 0 Å². The van der Waals surface area contributed by atoms with Gasteiger partial charge in [0.1, 0.15) is 11.4 Å². The summed E-state index contributed by atoms with van der Waals surface area (Å²) in [6, 6.07) is 3.33. The van der Waals surface area contributed by atoms with Crippen LogP contribution in [0, 0.1) is 6.92 Å². The summed E-state index contributed by atoms with van der Waals surface area (Å²) in [6.07, 6.45) is 3.33. The smallest absolute Gasteiger partial charge is 0.339 e. The van der Waals surface area contributed by atoms with Crippen molar-refractivity contribution >= 4 is 11.8 Å². The van der Waals surface area contributed by atoms with Crippen LogP contribution in [0.4, 0.5) is 5.82 Å². The molecule has 1 aromatic rings. The first-order valence-electron chi connectivity index (χ1n) is 5.49. The Labute approximate surface area is 94.7 Å². The number of anilines is 1. The third-order valence-corrected chi connectivity index (χ3v) is 3.14. The summed E-state index contributed by atoms with van der Waals surface area (Å²) < 4.78 is 0. The van der Waals surface area contributed by atoms with E-state index in [1.807, 2.05) is 6.92 Å². The molecule has 2 rings (SSSR count). The second-order valence-electron chi connectivity index (χ2n) is 4.69. The van der Waals surface area contributed by atoms with Crippen molar-refractivity contribution < 1.29 is 9.90 Å². The van der Waals surface area contributed by atoms with Crippen LogP contribution in [0.3, 0.4) is 0 Å². The first-order valence-corrected chi connectivity index (χ1v) is 5.49. The summed E-state index contributed by atoms with van der Waals surface area (Å²) in [4.78, 5) is 15.3. The Hall–Kier alpha value is -1.58. The van der Waals surface area contributed by atoms with E-state index in [4.69, 9.17) is 5.11 Å². The van der Waals surface area contributed by atoms with Gasteiger partial charge in [0.25, 0.3) is 0 Å². The standard InChI is InChI=1S/C12H16N2O2/c1-8-4-5-9(11(15)16)10(13-8)14-12(2)6-3-7-12/h4-5H,3,6-7H2,1-2H3,(H,13,14)(H,15,16). The Balaban J connectivity index is 2.30. The first-order chi connectivity index (χ1) is 7.50. The van der Waals surface area contributed by atoms with Gasteiger partial charge < -0.3 is 10.4 Å². The van der Waals surface area contributed by atoms with Crippen molar-refractivity contribution in [3.63, 3.8) is 0 Å². The number of nitrogens with zero attached hydrogens (tertiary/aromatic N) is 1. The molecule has 1 aliphatic carbocycles. The van der Waals surface area contributed by atoms with Crippen LogP contribution in [0.15, 0.2) is 12.1 Å². The third kappa shape index (κ3) is 2.01. The Morgan fingerprint density at radius 1 is 1.50 bits per heavy atom. The molecule has 86 valence electrons. The maximum absolute atomic E-state index is 11.0. The van der Waals surface area contributed by atoms with Crippen molar-refractivity contribution in [1.82, 2.24) is 4.98 Å². The average molecular weight is 220 g/mol. The van der Waals surface area contributed by atoms with E-state index in [9.17, 15) is 4.79 Å². The number of hydrogen-bond acceptors (Lipinski definition) is 3. The number of aromatic nitrogens is 1. The minimum Gasteiger partial charge on any atom is -0.478 e. The maximum Gasteiger partial charge on any atom is 0.339 e. The Bertz CT molecular complexity index is 425. The lowest BCUT2D eigenvalue weighted by molar-refractivity contribution is 0.0697. The predicted molar refractivity (Wildman–Crippen MR) is 61.8 cm³/mol. The lowest BCUT2D eigenvalue weighted by Crippen LogP contribution is -2.42. The number of carbonyl (C=O) groups is 1. The molecule has 0 aromatic carbocycles. The quantitative estimate of drug-likeness (QED) is 0.821. The zero-order chi connectivity index (χ0) is 11.8. The number of hydrogen-bond donors (Lipinski definition) is 2. The lowest BCUT2D eigenvalue weighted by atomic mass is 9.78. The van der Waals surface area contributed by atoms with Crippen molar-refractivity contribution in [3.8, 4) is 0 Å². The molecule has 16 heavy (non-hydrogen) atoms. The summed E-state index contributed by atoms with van der Waals surface area (Å²) in [5, 5.41) is 12.3. The van der Waals surface area contributed by atoms with Crippen LogP contribution in [0.5, 0.6) is 0 Å². The Morgan fingerprint density at radius 3 is 2.69 bits per heavy atom. The van der Waals surface area contributed by atoms with Gasteiger partial charge in [-0.15, -0.1) is 0 Å². The highest BCUT2D eigenvalue weighted by molar-refractivity contribution is 5.93. The van der Waals surface area contributed by atoms with Gasteiger partial charge in [-0.1, -0.05) is 0 Å². The van der Waals surface area contributed by atoms with Crippen molar-refractivity contribution in [2.24, 2.45) is 0 Å². The maximum atomic E-state index is 11.0.